The number of hydrogen-bond acceptors (Lipinski definition) is 0. The maximum absolute atomic E-state index is 2.25. The standard InChI is InChI=1S/C20H15N/c1-3-7-16(8-4-1)17-11-12-20-18(15-17)13-14-21(20)19-9-5-2-6-10-19/h1-15H. The van der Waals surface area contributed by atoms with Gasteiger partial charge in [0.1, 0.15) is 0 Å². The van der Waals surface area contributed by atoms with Crippen LogP contribution in [0.5, 0.6) is 0 Å². The molecule has 0 spiro atoms. The minimum atomic E-state index is 1.19. The van der Waals surface area contributed by atoms with E-state index in [4.69, 9.17) is 0 Å². The van der Waals surface area contributed by atoms with Crippen molar-refractivity contribution in [3.8, 4) is 16.8 Å². The summed E-state index contributed by atoms with van der Waals surface area (Å²) in [7, 11) is 0. The second-order valence-electron chi connectivity index (χ2n) is 5.16. The van der Waals surface area contributed by atoms with Crippen LogP contribution in [0.2, 0.25) is 0 Å². The highest BCUT2D eigenvalue weighted by Crippen LogP contribution is 2.26. The molecule has 0 saturated carbocycles. The van der Waals surface area contributed by atoms with E-state index in [9.17, 15) is 0 Å². The molecule has 21 heavy (non-hydrogen) atoms. The number of para-hydroxylation sites is 1. The number of benzene rings is 3. The van der Waals surface area contributed by atoms with E-state index in [1.807, 2.05) is 12.1 Å². The first-order valence-corrected chi connectivity index (χ1v) is 7.14. The maximum Gasteiger partial charge on any atom is 0.0528 e. The van der Waals surface area contributed by atoms with Gasteiger partial charge in [-0.05, 0) is 41.5 Å². The van der Waals surface area contributed by atoms with Crippen LogP contribution in [0, 0.1) is 0 Å². The van der Waals surface area contributed by atoms with Gasteiger partial charge >= 0.3 is 0 Å². The summed E-state index contributed by atoms with van der Waals surface area (Å²) in [6, 6.07) is 29.8. The molecule has 0 aliphatic carbocycles. The van der Waals surface area contributed by atoms with Crippen LogP contribution >= 0.6 is 0 Å². The van der Waals surface area contributed by atoms with E-state index in [1.165, 1.54) is 27.7 Å². The highest BCUT2D eigenvalue weighted by atomic mass is 15.0. The molecule has 0 aliphatic rings. The lowest BCUT2D eigenvalue weighted by molar-refractivity contribution is 1.13. The average molecular weight is 269 g/mol. The third-order valence-corrected chi connectivity index (χ3v) is 3.83. The Balaban J connectivity index is 1.85. The summed E-state index contributed by atoms with van der Waals surface area (Å²) < 4.78 is 2.23. The van der Waals surface area contributed by atoms with Crippen LogP contribution < -0.4 is 0 Å². The Bertz CT molecular complexity index is 874. The Morgan fingerprint density at radius 2 is 1.29 bits per heavy atom. The van der Waals surface area contributed by atoms with Crippen molar-refractivity contribution in [3.05, 3.63) is 91.1 Å². The van der Waals surface area contributed by atoms with Crippen molar-refractivity contribution in [1.29, 1.82) is 0 Å². The lowest BCUT2D eigenvalue weighted by Gasteiger charge is -2.06. The van der Waals surface area contributed by atoms with Gasteiger partial charge in [0.2, 0.25) is 0 Å². The summed E-state index contributed by atoms with van der Waals surface area (Å²) in [5, 5.41) is 1.26. The average Bonchev–Trinajstić information content (AvgIpc) is 2.99. The van der Waals surface area contributed by atoms with Crippen molar-refractivity contribution in [2.24, 2.45) is 0 Å². The predicted molar refractivity (Wildman–Crippen MR) is 88.7 cm³/mol. The molecule has 1 heteroatoms. The monoisotopic (exact) mass is 269 g/mol. The molecule has 1 nitrogen and oxygen atoms in total. The molecule has 0 unspecified atom stereocenters. The van der Waals surface area contributed by atoms with Crippen LogP contribution in [0.15, 0.2) is 91.1 Å². The van der Waals surface area contributed by atoms with Crippen LogP contribution in [0.25, 0.3) is 27.7 Å². The third kappa shape index (κ3) is 2.13. The first-order chi connectivity index (χ1) is 10.4. The Morgan fingerprint density at radius 3 is 2.05 bits per heavy atom. The van der Waals surface area contributed by atoms with Gasteiger partial charge in [-0.15, -0.1) is 0 Å². The summed E-state index contributed by atoms with van der Waals surface area (Å²) in [6.07, 6.45) is 2.13. The number of nitrogens with zero attached hydrogens (tertiary/aromatic N) is 1. The van der Waals surface area contributed by atoms with Crippen molar-refractivity contribution in [3.63, 3.8) is 0 Å². The third-order valence-electron chi connectivity index (χ3n) is 3.83. The summed E-state index contributed by atoms with van der Waals surface area (Å²) >= 11 is 0. The largest absolute Gasteiger partial charge is 0.317 e. The van der Waals surface area contributed by atoms with Crippen molar-refractivity contribution >= 4 is 10.9 Å². The maximum atomic E-state index is 2.25. The van der Waals surface area contributed by atoms with Gasteiger partial charge in [-0.2, -0.15) is 0 Å². The minimum Gasteiger partial charge on any atom is -0.317 e. The van der Waals surface area contributed by atoms with E-state index in [2.05, 4.69) is 83.6 Å². The number of aromatic nitrogens is 1. The molecule has 0 amide bonds. The first-order valence-electron chi connectivity index (χ1n) is 7.14. The molecule has 0 bridgehead atoms. The molecule has 100 valence electrons. The topological polar surface area (TPSA) is 4.93 Å². The van der Waals surface area contributed by atoms with Crippen LogP contribution in [0.1, 0.15) is 0 Å². The van der Waals surface area contributed by atoms with Crippen LogP contribution in [-0.4, -0.2) is 4.57 Å². The molecule has 0 atom stereocenters. The second kappa shape index (κ2) is 4.95. The molecule has 0 fully saturated rings. The van der Waals surface area contributed by atoms with E-state index < -0.39 is 0 Å². The van der Waals surface area contributed by atoms with Gasteiger partial charge in [0.05, 0.1) is 5.52 Å². The quantitative estimate of drug-likeness (QED) is 0.465. The zero-order valence-corrected chi connectivity index (χ0v) is 11.6. The van der Waals surface area contributed by atoms with E-state index >= 15 is 0 Å². The highest BCUT2D eigenvalue weighted by Gasteiger charge is 2.04. The van der Waals surface area contributed by atoms with Crippen molar-refractivity contribution < 1.29 is 0 Å². The summed E-state index contributed by atoms with van der Waals surface area (Å²) in [4.78, 5) is 0. The fraction of sp³-hybridized carbons (Fsp3) is 0. The Labute approximate surface area is 124 Å². The van der Waals surface area contributed by atoms with E-state index in [0.717, 1.165) is 0 Å². The van der Waals surface area contributed by atoms with E-state index in [0.29, 0.717) is 0 Å². The Hall–Kier alpha value is -2.80. The SMILES string of the molecule is c1ccc(-c2ccc3c(ccn3-c3ccccc3)c2)cc1. The van der Waals surface area contributed by atoms with E-state index in [1.54, 1.807) is 0 Å². The zero-order chi connectivity index (χ0) is 14.1. The lowest BCUT2D eigenvalue weighted by atomic mass is 10.0. The number of hydrogen-bond donors (Lipinski definition) is 0. The molecular formula is C20H15N. The van der Waals surface area contributed by atoms with Crippen molar-refractivity contribution in [1.82, 2.24) is 4.57 Å². The Morgan fingerprint density at radius 1 is 0.571 bits per heavy atom. The summed E-state index contributed by atoms with van der Waals surface area (Å²) in [5.41, 5.74) is 4.95. The zero-order valence-electron chi connectivity index (χ0n) is 11.6. The van der Waals surface area contributed by atoms with Gasteiger partial charge < -0.3 is 4.57 Å². The predicted octanol–water partition coefficient (Wildman–Crippen LogP) is 5.30. The molecule has 0 radical (unpaired) electrons. The van der Waals surface area contributed by atoms with Gasteiger partial charge in [0, 0.05) is 17.3 Å². The van der Waals surface area contributed by atoms with Gasteiger partial charge in [-0.1, -0.05) is 54.6 Å². The summed E-state index contributed by atoms with van der Waals surface area (Å²) in [5.74, 6) is 0. The highest BCUT2D eigenvalue weighted by molar-refractivity contribution is 5.86. The Kier molecular flexibility index (Phi) is 2.82. The van der Waals surface area contributed by atoms with Gasteiger partial charge in [0.25, 0.3) is 0 Å². The molecule has 3 aromatic carbocycles. The minimum absolute atomic E-state index is 1.19. The molecule has 4 rings (SSSR count). The van der Waals surface area contributed by atoms with E-state index in [-0.39, 0.29) is 0 Å². The fourth-order valence-corrected chi connectivity index (χ4v) is 2.77. The number of rotatable bonds is 2. The molecule has 0 saturated heterocycles. The molecule has 0 N–H and O–H groups in total. The van der Waals surface area contributed by atoms with Gasteiger partial charge in [0.15, 0.2) is 0 Å². The molecule has 1 heterocycles. The molecule has 4 aromatic rings. The molecule has 1 aromatic heterocycles. The normalized spacial score (nSPS) is 10.9. The molecular weight excluding hydrogens is 254 g/mol. The fourth-order valence-electron chi connectivity index (χ4n) is 2.77. The smallest absolute Gasteiger partial charge is 0.0528 e. The van der Waals surface area contributed by atoms with Crippen molar-refractivity contribution in [2.45, 2.75) is 0 Å². The van der Waals surface area contributed by atoms with Crippen LogP contribution in [0.4, 0.5) is 0 Å². The summed E-state index contributed by atoms with van der Waals surface area (Å²) in [6.45, 7) is 0. The van der Waals surface area contributed by atoms with Gasteiger partial charge in [-0.25, -0.2) is 0 Å². The second-order valence-corrected chi connectivity index (χ2v) is 5.16. The number of fused-ring (bicyclic) bond motifs is 1. The lowest BCUT2D eigenvalue weighted by Crippen LogP contribution is -1.90. The van der Waals surface area contributed by atoms with Crippen molar-refractivity contribution in [2.75, 3.05) is 0 Å². The van der Waals surface area contributed by atoms with Gasteiger partial charge in [-0.3, -0.25) is 0 Å². The van der Waals surface area contributed by atoms with Crippen LogP contribution in [-0.2, 0) is 0 Å². The first kappa shape index (κ1) is 12.0. The van der Waals surface area contributed by atoms with Crippen LogP contribution in [0.3, 0.4) is 0 Å². The molecule has 0 aliphatic heterocycles.